The first kappa shape index (κ1) is 12.0. The van der Waals surface area contributed by atoms with E-state index in [1.807, 2.05) is 19.9 Å². The quantitative estimate of drug-likeness (QED) is 0.607. The van der Waals surface area contributed by atoms with Gasteiger partial charge in [-0.15, -0.1) is 6.58 Å². The minimum absolute atomic E-state index is 1.07. The van der Waals surface area contributed by atoms with Crippen LogP contribution >= 0.6 is 0 Å². The average Bonchev–Trinajstić information content (AvgIpc) is 2.18. The zero-order chi connectivity index (χ0) is 10.1. The molecule has 0 aliphatic heterocycles. The van der Waals surface area contributed by atoms with Crippen LogP contribution in [0, 0.1) is 6.92 Å². The van der Waals surface area contributed by atoms with E-state index in [0.29, 0.717) is 0 Å². The Labute approximate surface area is 82.3 Å². The molecule has 0 amide bonds. The van der Waals surface area contributed by atoms with Crippen LogP contribution in [-0.2, 0) is 6.42 Å². The van der Waals surface area contributed by atoms with Gasteiger partial charge >= 0.3 is 0 Å². The molecule has 0 aliphatic carbocycles. The molecule has 1 aromatic rings. The Hall–Kier alpha value is -1.04. The van der Waals surface area contributed by atoms with Crippen molar-refractivity contribution >= 4 is 0 Å². The van der Waals surface area contributed by atoms with Crippen LogP contribution in [-0.4, -0.2) is 0 Å². The smallest absolute Gasteiger partial charge is 0.0244 e. The van der Waals surface area contributed by atoms with E-state index in [4.69, 9.17) is 0 Å². The summed E-state index contributed by atoms with van der Waals surface area (Å²) in [6, 6.07) is 8.62. The molecule has 0 atom stereocenters. The zero-order valence-electron chi connectivity index (χ0n) is 9.01. The summed E-state index contributed by atoms with van der Waals surface area (Å²) in [5.41, 5.74) is 2.75. The van der Waals surface area contributed by atoms with Crippen molar-refractivity contribution in [1.82, 2.24) is 0 Å². The summed E-state index contributed by atoms with van der Waals surface area (Å²) in [6.45, 7) is 9.82. The van der Waals surface area contributed by atoms with Crippen molar-refractivity contribution in [3.8, 4) is 0 Å². The Bertz CT molecular complexity index is 236. The van der Waals surface area contributed by atoms with Gasteiger partial charge in [0, 0.05) is 0 Å². The Morgan fingerprint density at radius 2 is 2.00 bits per heavy atom. The largest absolute Gasteiger partial charge is 0.103 e. The lowest BCUT2D eigenvalue weighted by Gasteiger charge is -1.98. The van der Waals surface area contributed by atoms with Crippen molar-refractivity contribution in [2.24, 2.45) is 0 Å². The van der Waals surface area contributed by atoms with E-state index in [2.05, 4.69) is 37.8 Å². The molecule has 0 N–H and O–H groups in total. The molecule has 1 aromatic carbocycles. The molecular formula is C13H20. The highest BCUT2D eigenvalue weighted by Gasteiger charge is 1.89. The van der Waals surface area contributed by atoms with E-state index in [0.717, 1.165) is 12.8 Å². The second kappa shape index (κ2) is 7.60. The summed E-state index contributed by atoms with van der Waals surface area (Å²) in [7, 11) is 0. The van der Waals surface area contributed by atoms with Crippen LogP contribution in [0.4, 0.5) is 0 Å². The molecule has 0 aliphatic rings. The Kier molecular flexibility index (Phi) is 6.99. The average molecular weight is 176 g/mol. The molecule has 0 nitrogen and oxygen atoms in total. The topological polar surface area (TPSA) is 0 Å². The minimum atomic E-state index is 1.07. The molecule has 0 heteroatoms. The Morgan fingerprint density at radius 1 is 1.31 bits per heavy atom. The van der Waals surface area contributed by atoms with Crippen LogP contribution < -0.4 is 0 Å². The molecular weight excluding hydrogens is 156 g/mol. The van der Waals surface area contributed by atoms with Gasteiger partial charge in [-0.3, -0.25) is 0 Å². The second-order valence-electron chi connectivity index (χ2n) is 2.82. The van der Waals surface area contributed by atoms with Crippen LogP contribution in [0.1, 0.15) is 31.4 Å². The molecule has 0 spiro atoms. The van der Waals surface area contributed by atoms with Gasteiger partial charge in [-0.2, -0.15) is 0 Å². The molecule has 1 rings (SSSR count). The van der Waals surface area contributed by atoms with Crippen LogP contribution in [0.3, 0.4) is 0 Å². The first-order valence-corrected chi connectivity index (χ1v) is 4.99. The molecule has 0 aromatic heterocycles. The maximum atomic E-state index is 3.70. The molecule has 72 valence electrons. The van der Waals surface area contributed by atoms with Gasteiger partial charge in [0.25, 0.3) is 0 Å². The van der Waals surface area contributed by atoms with E-state index in [1.165, 1.54) is 11.1 Å². The fourth-order valence-electron chi connectivity index (χ4n) is 1.14. The lowest BCUT2D eigenvalue weighted by Crippen LogP contribution is -1.83. The number of hydrogen-bond acceptors (Lipinski definition) is 0. The first-order chi connectivity index (χ1) is 6.33. The van der Waals surface area contributed by atoms with Crippen molar-refractivity contribution in [3.63, 3.8) is 0 Å². The van der Waals surface area contributed by atoms with Gasteiger partial charge in [-0.1, -0.05) is 49.8 Å². The molecule has 0 unspecified atom stereocenters. The lowest BCUT2D eigenvalue weighted by atomic mass is 10.1. The standard InChI is InChI=1S/C11H14.C2H6/c1-3-4-7-11-8-5-6-10(2)9-11;1-2/h3,5-6,8-9H,1,4,7H2,2H3;1-2H3. The summed E-state index contributed by atoms with van der Waals surface area (Å²) >= 11 is 0. The maximum absolute atomic E-state index is 3.70. The monoisotopic (exact) mass is 176 g/mol. The summed E-state index contributed by atoms with van der Waals surface area (Å²) in [5, 5.41) is 0. The number of rotatable bonds is 3. The molecule has 0 saturated heterocycles. The second-order valence-corrected chi connectivity index (χ2v) is 2.82. The van der Waals surface area contributed by atoms with Gasteiger partial charge in [0.05, 0.1) is 0 Å². The number of benzene rings is 1. The predicted molar refractivity (Wildman–Crippen MR) is 61.0 cm³/mol. The third-order valence-electron chi connectivity index (χ3n) is 1.72. The van der Waals surface area contributed by atoms with Gasteiger partial charge in [-0.25, -0.2) is 0 Å². The zero-order valence-corrected chi connectivity index (χ0v) is 9.01. The number of aryl methyl sites for hydroxylation is 2. The predicted octanol–water partition coefficient (Wildman–Crippen LogP) is 4.14. The minimum Gasteiger partial charge on any atom is -0.103 e. The van der Waals surface area contributed by atoms with Gasteiger partial charge in [-0.05, 0) is 25.3 Å². The van der Waals surface area contributed by atoms with Gasteiger partial charge in [0.1, 0.15) is 0 Å². The number of allylic oxidation sites excluding steroid dienone is 1. The van der Waals surface area contributed by atoms with Crippen molar-refractivity contribution in [1.29, 1.82) is 0 Å². The third kappa shape index (κ3) is 5.24. The van der Waals surface area contributed by atoms with Gasteiger partial charge in [0.15, 0.2) is 0 Å². The fourth-order valence-corrected chi connectivity index (χ4v) is 1.14. The van der Waals surface area contributed by atoms with Crippen molar-refractivity contribution in [2.75, 3.05) is 0 Å². The van der Waals surface area contributed by atoms with Crippen LogP contribution in [0.2, 0.25) is 0 Å². The molecule has 0 bridgehead atoms. The fraction of sp³-hybridized carbons (Fsp3) is 0.385. The van der Waals surface area contributed by atoms with Crippen molar-refractivity contribution in [3.05, 3.63) is 48.0 Å². The summed E-state index contributed by atoms with van der Waals surface area (Å²) in [4.78, 5) is 0. The van der Waals surface area contributed by atoms with E-state index in [-0.39, 0.29) is 0 Å². The summed E-state index contributed by atoms with van der Waals surface area (Å²) in [5.74, 6) is 0. The van der Waals surface area contributed by atoms with Crippen LogP contribution in [0.25, 0.3) is 0 Å². The van der Waals surface area contributed by atoms with E-state index in [9.17, 15) is 0 Å². The van der Waals surface area contributed by atoms with Crippen LogP contribution in [0.5, 0.6) is 0 Å². The molecule has 0 radical (unpaired) electrons. The highest BCUT2D eigenvalue weighted by atomic mass is 14.0. The molecule has 13 heavy (non-hydrogen) atoms. The van der Waals surface area contributed by atoms with Gasteiger partial charge < -0.3 is 0 Å². The first-order valence-electron chi connectivity index (χ1n) is 4.99. The lowest BCUT2D eigenvalue weighted by molar-refractivity contribution is 1.00. The SMILES string of the molecule is C=CCCc1cccc(C)c1.CC. The Morgan fingerprint density at radius 3 is 2.54 bits per heavy atom. The summed E-state index contributed by atoms with van der Waals surface area (Å²) in [6.07, 6.45) is 4.15. The summed E-state index contributed by atoms with van der Waals surface area (Å²) < 4.78 is 0. The Balaban J connectivity index is 0.000000671. The van der Waals surface area contributed by atoms with Crippen LogP contribution in [0.15, 0.2) is 36.9 Å². The van der Waals surface area contributed by atoms with Crippen molar-refractivity contribution < 1.29 is 0 Å². The van der Waals surface area contributed by atoms with E-state index < -0.39 is 0 Å². The molecule has 0 saturated carbocycles. The number of hydrogen-bond donors (Lipinski definition) is 0. The van der Waals surface area contributed by atoms with Crippen molar-refractivity contribution in [2.45, 2.75) is 33.6 Å². The normalized spacial score (nSPS) is 8.54. The third-order valence-corrected chi connectivity index (χ3v) is 1.72. The highest BCUT2D eigenvalue weighted by molar-refractivity contribution is 5.22. The van der Waals surface area contributed by atoms with E-state index >= 15 is 0 Å². The molecule has 0 heterocycles. The maximum Gasteiger partial charge on any atom is -0.0244 e. The van der Waals surface area contributed by atoms with Gasteiger partial charge in [0.2, 0.25) is 0 Å². The molecule has 0 fully saturated rings. The van der Waals surface area contributed by atoms with E-state index in [1.54, 1.807) is 0 Å². The highest BCUT2D eigenvalue weighted by Crippen LogP contribution is 2.06.